The van der Waals surface area contributed by atoms with Crippen LogP contribution in [0.4, 0.5) is 17.5 Å². The molecule has 0 aliphatic heterocycles. The molecule has 1 aromatic carbocycles. The van der Waals surface area contributed by atoms with Crippen LogP contribution in [0.15, 0.2) is 55.0 Å². The fraction of sp³-hybridized carbons (Fsp3) is 0.333. The summed E-state index contributed by atoms with van der Waals surface area (Å²) in [6.45, 7) is 0. The molecule has 4 rings (SSSR count). The molecular formula is C21H27N7O. The van der Waals surface area contributed by atoms with Crippen LogP contribution in [-0.4, -0.2) is 31.7 Å². The summed E-state index contributed by atoms with van der Waals surface area (Å²) in [5.74, 6) is 0.937. The predicted octanol–water partition coefficient (Wildman–Crippen LogP) is 2.64. The SMILES string of the molecule is NC(O)c1cnc(N[C@@H]2CCCC[C@@H]2N)nc1Nc1cccc(-n2cccc2)c1. The molecule has 0 bridgehead atoms. The van der Waals surface area contributed by atoms with E-state index >= 15 is 0 Å². The molecular weight excluding hydrogens is 366 g/mol. The number of aliphatic hydroxyl groups excluding tert-OH is 1. The van der Waals surface area contributed by atoms with Gasteiger partial charge in [0.25, 0.3) is 0 Å². The van der Waals surface area contributed by atoms with Gasteiger partial charge < -0.3 is 31.8 Å². The van der Waals surface area contributed by atoms with Gasteiger partial charge in [0.2, 0.25) is 5.95 Å². The smallest absolute Gasteiger partial charge is 0.224 e. The molecule has 8 nitrogen and oxygen atoms in total. The lowest BCUT2D eigenvalue weighted by Gasteiger charge is -2.29. The number of rotatable bonds is 6. The van der Waals surface area contributed by atoms with Gasteiger partial charge in [-0.2, -0.15) is 4.98 Å². The second-order valence-corrected chi connectivity index (χ2v) is 7.41. The summed E-state index contributed by atoms with van der Waals surface area (Å²) in [7, 11) is 0. The third-order valence-electron chi connectivity index (χ3n) is 5.28. The average Bonchev–Trinajstić information content (AvgIpc) is 3.25. The highest BCUT2D eigenvalue weighted by Crippen LogP contribution is 2.26. The van der Waals surface area contributed by atoms with Crippen LogP contribution in [0.25, 0.3) is 5.69 Å². The molecule has 1 aliphatic rings. The number of benzene rings is 1. The maximum atomic E-state index is 9.96. The summed E-state index contributed by atoms with van der Waals surface area (Å²) in [6.07, 6.45) is 8.61. The molecule has 3 aromatic rings. The number of hydrogen-bond acceptors (Lipinski definition) is 7. The Labute approximate surface area is 170 Å². The number of nitrogens with zero attached hydrogens (tertiary/aromatic N) is 3. The van der Waals surface area contributed by atoms with Crippen molar-refractivity contribution in [2.45, 2.75) is 44.0 Å². The van der Waals surface area contributed by atoms with E-state index in [2.05, 4.69) is 20.6 Å². The molecule has 1 unspecified atom stereocenters. The number of nitrogens with one attached hydrogen (secondary N) is 2. The van der Waals surface area contributed by atoms with Crippen LogP contribution in [0.5, 0.6) is 0 Å². The zero-order valence-electron chi connectivity index (χ0n) is 16.2. The lowest BCUT2D eigenvalue weighted by Crippen LogP contribution is -2.43. The van der Waals surface area contributed by atoms with Crippen LogP contribution in [-0.2, 0) is 0 Å². The van der Waals surface area contributed by atoms with Crippen LogP contribution in [0.3, 0.4) is 0 Å². The van der Waals surface area contributed by atoms with Crippen molar-refractivity contribution < 1.29 is 5.11 Å². The van der Waals surface area contributed by atoms with E-state index in [4.69, 9.17) is 11.5 Å². The minimum absolute atomic E-state index is 0.0850. The van der Waals surface area contributed by atoms with E-state index < -0.39 is 6.23 Å². The Bertz CT molecular complexity index is 942. The van der Waals surface area contributed by atoms with Crippen molar-refractivity contribution in [3.8, 4) is 5.69 Å². The van der Waals surface area contributed by atoms with Gasteiger partial charge in [-0.05, 0) is 43.2 Å². The van der Waals surface area contributed by atoms with Crippen LogP contribution in [0, 0.1) is 0 Å². The van der Waals surface area contributed by atoms with E-state index in [1.165, 1.54) is 0 Å². The monoisotopic (exact) mass is 393 g/mol. The molecule has 1 saturated carbocycles. The predicted molar refractivity (Wildman–Crippen MR) is 114 cm³/mol. The number of hydrogen-bond donors (Lipinski definition) is 5. The molecule has 1 fully saturated rings. The first kappa shape index (κ1) is 19.4. The Balaban J connectivity index is 1.59. The normalized spacial score (nSPS) is 20.2. The largest absolute Gasteiger partial charge is 0.374 e. The first-order valence-corrected chi connectivity index (χ1v) is 9.93. The van der Waals surface area contributed by atoms with Crippen molar-refractivity contribution in [3.05, 3.63) is 60.6 Å². The molecule has 8 heteroatoms. The molecule has 7 N–H and O–H groups in total. The van der Waals surface area contributed by atoms with Crippen molar-refractivity contribution in [2.75, 3.05) is 10.6 Å². The highest BCUT2D eigenvalue weighted by Gasteiger charge is 2.23. The second kappa shape index (κ2) is 8.60. The standard InChI is InChI=1S/C21H27N7O/c22-17-8-1-2-9-18(17)26-21-24-13-16(19(23)29)20(27-21)25-14-6-5-7-15(12-14)28-10-3-4-11-28/h3-7,10-13,17-19,29H,1-2,8-9,22-23H2,(H2,24,25,26,27)/t17-,18+,19?/m0/s1. The van der Waals surface area contributed by atoms with Crippen LogP contribution >= 0.6 is 0 Å². The van der Waals surface area contributed by atoms with E-state index in [9.17, 15) is 5.11 Å². The molecule has 0 radical (unpaired) electrons. The Hall–Kier alpha value is -2.94. The average molecular weight is 393 g/mol. The maximum Gasteiger partial charge on any atom is 0.224 e. The van der Waals surface area contributed by atoms with E-state index in [1.807, 2.05) is 53.4 Å². The van der Waals surface area contributed by atoms with E-state index in [0.29, 0.717) is 17.3 Å². The minimum atomic E-state index is -1.18. The summed E-state index contributed by atoms with van der Waals surface area (Å²) in [4.78, 5) is 8.90. The molecule has 0 spiro atoms. The molecule has 1 aliphatic carbocycles. The van der Waals surface area contributed by atoms with E-state index in [0.717, 1.165) is 37.1 Å². The van der Waals surface area contributed by atoms with Gasteiger partial charge in [-0.15, -0.1) is 0 Å². The lowest BCUT2D eigenvalue weighted by molar-refractivity contribution is 0.186. The summed E-state index contributed by atoms with van der Waals surface area (Å²) < 4.78 is 2.02. The van der Waals surface area contributed by atoms with Crippen LogP contribution < -0.4 is 22.1 Å². The first-order valence-electron chi connectivity index (χ1n) is 9.93. The van der Waals surface area contributed by atoms with Crippen molar-refractivity contribution in [1.82, 2.24) is 14.5 Å². The van der Waals surface area contributed by atoms with Gasteiger partial charge in [-0.1, -0.05) is 18.9 Å². The third kappa shape index (κ3) is 4.56. The maximum absolute atomic E-state index is 9.96. The highest BCUT2D eigenvalue weighted by molar-refractivity contribution is 5.63. The van der Waals surface area contributed by atoms with Gasteiger partial charge in [-0.25, -0.2) is 4.98 Å². The number of nitrogens with two attached hydrogens (primary N) is 2. The Morgan fingerprint density at radius 2 is 1.93 bits per heavy atom. The minimum Gasteiger partial charge on any atom is -0.374 e. The van der Waals surface area contributed by atoms with Gasteiger partial charge in [0, 0.05) is 42.0 Å². The summed E-state index contributed by atoms with van der Waals surface area (Å²) in [5, 5.41) is 16.6. The molecule has 2 heterocycles. The lowest BCUT2D eigenvalue weighted by atomic mass is 9.91. The van der Waals surface area contributed by atoms with Crippen LogP contribution in [0.2, 0.25) is 0 Å². The fourth-order valence-electron chi connectivity index (χ4n) is 3.67. The fourth-order valence-corrected chi connectivity index (χ4v) is 3.67. The summed E-state index contributed by atoms with van der Waals surface area (Å²) in [6, 6.07) is 12.1. The summed E-state index contributed by atoms with van der Waals surface area (Å²) >= 11 is 0. The van der Waals surface area contributed by atoms with E-state index in [1.54, 1.807) is 6.20 Å². The molecule has 152 valence electrons. The molecule has 29 heavy (non-hydrogen) atoms. The molecule has 0 saturated heterocycles. The van der Waals surface area contributed by atoms with Gasteiger partial charge in [0.05, 0.1) is 5.56 Å². The molecule has 3 atom stereocenters. The molecule has 2 aromatic heterocycles. The number of aromatic nitrogens is 3. The Kier molecular flexibility index (Phi) is 5.75. The highest BCUT2D eigenvalue weighted by atomic mass is 16.3. The number of anilines is 3. The first-order chi connectivity index (χ1) is 14.1. The second-order valence-electron chi connectivity index (χ2n) is 7.41. The van der Waals surface area contributed by atoms with Crippen molar-refractivity contribution >= 4 is 17.5 Å². The van der Waals surface area contributed by atoms with E-state index in [-0.39, 0.29) is 12.1 Å². The third-order valence-corrected chi connectivity index (χ3v) is 5.28. The zero-order chi connectivity index (χ0) is 20.2. The van der Waals surface area contributed by atoms with Crippen molar-refractivity contribution in [3.63, 3.8) is 0 Å². The molecule has 0 amide bonds. The number of aliphatic hydroxyl groups is 1. The van der Waals surface area contributed by atoms with Crippen LogP contribution in [0.1, 0.15) is 37.5 Å². The van der Waals surface area contributed by atoms with Crippen molar-refractivity contribution in [1.29, 1.82) is 0 Å². The van der Waals surface area contributed by atoms with Gasteiger partial charge in [-0.3, -0.25) is 0 Å². The Morgan fingerprint density at radius 1 is 1.14 bits per heavy atom. The van der Waals surface area contributed by atoms with Gasteiger partial charge in [0.15, 0.2) is 0 Å². The summed E-state index contributed by atoms with van der Waals surface area (Å²) in [5.41, 5.74) is 14.2. The quantitative estimate of drug-likeness (QED) is 0.407. The Morgan fingerprint density at radius 3 is 2.69 bits per heavy atom. The van der Waals surface area contributed by atoms with Crippen molar-refractivity contribution in [2.24, 2.45) is 11.5 Å². The topological polar surface area (TPSA) is 127 Å². The van der Waals surface area contributed by atoms with Gasteiger partial charge in [0.1, 0.15) is 12.0 Å². The van der Waals surface area contributed by atoms with Gasteiger partial charge >= 0.3 is 0 Å². The zero-order valence-corrected chi connectivity index (χ0v) is 16.2.